The smallest absolute Gasteiger partial charge is 0.298 e. The van der Waals surface area contributed by atoms with Gasteiger partial charge in [0.1, 0.15) is 5.82 Å². The van der Waals surface area contributed by atoms with Crippen LogP contribution >= 0.6 is 0 Å². The van der Waals surface area contributed by atoms with E-state index >= 15 is 0 Å². The van der Waals surface area contributed by atoms with Crippen LogP contribution in [-0.2, 0) is 13.0 Å². The zero-order chi connectivity index (χ0) is 17.6. The summed E-state index contributed by atoms with van der Waals surface area (Å²) < 4.78 is 1.59. The number of para-hydroxylation sites is 1. The topological polar surface area (TPSA) is 71.8 Å². The predicted octanol–water partition coefficient (Wildman–Crippen LogP) is 3.33. The number of aryl methyl sites for hydroxylation is 1. The maximum Gasteiger partial charge on any atom is 0.352 e. The van der Waals surface area contributed by atoms with Crippen molar-refractivity contribution in [1.29, 1.82) is 0 Å². The van der Waals surface area contributed by atoms with Crippen molar-refractivity contribution >= 4 is 11.6 Å². The zero-order valence-corrected chi connectivity index (χ0v) is 14.4. The molecular weight excluding hydrogens is 314 g/mol. The Balaban J connectivity index is 1.99. The van der Waals surface area contributed by atoms with Crippen molar-refractivity contribution in [3.63, 3.8) is 0 Å². The average molecular weight is 335 g/mol. The molecule has 0 spiro atoms. The molecule has 0 aliphatic heterocycles. The highest BCUT2D eigenvalue weighted by molar-refractivity contribution is 5.62. The van der Waals surface area contributed by atoms with E-state index in [-0.39, 0.29) is 11.6 Å². The molecule has 1 heterocycles. The summed E-state index contributed by atoms with van der Waals surface area (Å²) in [5.74, 6) is 0.872. The number of anilines is 2. The molecule has 0 bridgehead atoms. The Morgan fingerprint density at radius 2 is 1.64 bits per heavy atom. The molecule has 0 unspecified atom stereocenters. The largest absolute Gasteiger partial charge is 0.352 e. The molecule has 0 radical (unpaired) electrons. The molecule has 3 rings (SSSR count). The van der Waals surface area contributed by atoms with Crippen molar-refractivity contribution in [2.24, 2.45) is 0 Å². The molecule has 0 saturated heterocycles. The van der Waals surface area contributed by atoms with Gasteiger partial charge in [0.15, 0.2) is 0 Å². The van der Waals surface area contributed by atoms with Crippen molar-refractivity contribution in [3.05, 3.63) is 70.6 Å². The first-order chi connectivity index (χ1) is 12.2. The highest BCUT2D eigenvalue weighted by Gasteiger charge is 2.13. The lowest BCUT2D eigenvalue weighted by Gasteiger charge is -2.15. The normalized spacial score (nSPS) is 10.5. The first kappa shape index (κ1) is 16.7. The lowest BCUT2D eigenvalue weighted by molar-refractivity contribution is 0.687. The fraction of sp³-hybridized carbons (Fsp3) is 0.211. The van der Waals surface area contributed by atoms with Crippen LogP contribution in [0.15, 0.2) is 59.4 Å². The molecule has 0 aliphatic rings. The fourth-order valence-corrected chi connectivity index (χ4v) is 2.67. The van der Waals surface area contributed by atoms with Gasteiger partial charge in [-0.2, -0.15) is 9.97 Å². The van der Waals surface area contributed by atoms with E-state index in [9.17, 15) is 4.79 Å². The molecule has 2 aromatic carbocycles. The first-order valence-corrected chi connectivity index (χ1v) is 8.37. The molecule has 0 saturated carbocycles. The van der Waals surface area contributed by atoms with Gasteiger partial charge in [0.25, 0.3) is 0 Å². The maximum atomic E-state index is 12.4. The third-order valence-electron chi connectivity index (χ3n) is 3.95. The highest BCUT2D eigenvalue weighted by atomic mass is 16.1. The van der Waals surface area contributed by atoms with Crippen LogP contribution in [0.2, 0.25) is 0 Å². The Morgan fingerprint density at radius 1 is 0.920 bits per heavy atom. The number of rotatable bonds is 6. The minimum absolute atomic E-state index is 0.249. The van der Waals surface area contributed by atoms with Gasteiger partial charge in [-0.3, -0.25) is 15.4 Å². The van der Waals surface area contributed by atoms with Gasteiger partial charge in [0, 0.05) is 12.1 Å². The van der Waals surface area contributed by atoms with Gasteiger partial charge < -0.3 is 0 Å². The van der Waals surface area contributed by atoms with Gasteiger partial charge in [-0.1, -0.05) is 49.4 Å². The standard InChI is InChI=1S/C19H21N5O/c1-3-14-10-8-9-13-16(14)17-20-18(21-19(25)24(17)4-2)23-22-15-11-6-5-7-12-15/h5-13,22H,3-4H2,1-2H3,(H,21,23,25). The van der Waals surface area contributed by atoms with E-state index in [4.69, 9.17) is 0 Å². The molecule has 3 aromatic rings. The molecule has 0 atom stereocenters. The van der Waals surface area contributed by atoms with Crippen LogP contribution in [0.3, 0.4) is 0 Å². The molecule has 0 aliphatic carbocycles. The minimum Gasteiger partial charge on any atom is -0.298 e. The molecule has 128 valence electrons. The number of hydrogen-bond acceptors (Lipinski definition) is 5. The third kappa shape index (κ3) is 3.68. The van der Waals surface area contributed by atoms with Crippen LogP contribution in [0.5, 0.6) is 0 Å². The number of hydrazine groups is 1. The number of nitrogens with one attached hydrogen (secondary N) is 2. The van der Waals surface area contributed by atoms with Gasteiger partial charge in [-0.05, 0) is 31.0 Å². The monoisotopic (exact) mass is 335 g/mol. The van der Waals surface area contributed by atoms with Crippen molar-refractivity contribution < 1.29 is 0 Å². The summed E-state index contributed by atoms with van der Waals surface area (Å²) in [6, 6.07) is 17.6. The lowest BCUT2D eigenvalue weighted by atomic mass is 10.0. The summed E-state index contributed by atoms with van der Waals surface area (Å²) >= 11 is 0. The lowest BCUT2D eigenvalue weighted by Crippen LogP contribution is -2.28. The average Bonchev–Trinajstić information content (AvgIpc) is 2.66. The van der Waals surface area contributed by atoms with E-state index < -0.39 is 0 Å². The SMILES string of the molecule is CCc1ccccc1-c1nc(NNc2ccccc2)nc(=O)n1CC. The van der Waals surface area contributed by atoms with Gasteiger partial charge in [-0.15, -0.1) is 0 Å². The van der Waals surface area contributed by atoms with Crippen LogP contribution in [0.4, 0.5) is 11.6 Å². The molecule has 1 aromatic heterocycles. The third-order valence-corrected chi connectivity index (χ3v) is 3.95. The first-order valence-electron chi connectivity index (χ1n) is 8.37. The molecule has 25 heavy (non-hydrogen) atoms. The fourth-order valence-electron chi connectivity index (χ4n) is 2.67. The van der Waals surface area contributed by atoms with E-state index in [0.717, 1.165) is 23.2 Å². The van der Waals surface area contributed by atoms with E-state index in [1.807, 2.05) is 55.5 Å². The van der Waals surface area contributed by atoms with E-state index in [0.29, 0.717) is 12.4 Å². The van der Waals surface area contributed by atoms with Crippen molar-refractivity contribution in [2.45, 2.75) is 26.8 Å². The molecular formula is C19H21N5O. The Morgan fingerprint density at radius 3 is 2.36 bits per heavy atom. The van der Waals surface area contributed by atoms with Crippen molar-refractivity contribution in [3.8, 4) is 11.4 Å². The second-order valence-electron chi connectivity index (χ2n) is 5.52. The Hall–Kier alpha value is -3.15. The quantitative estimate of drug-likeness (QED) is 0.676. The summed E-state index contributed by atoms with van der Waals surface area (Å²) in [6.45, 7) is 4.52. The summed E-state index contributed by atoms with van der Waals surface area (Å²) in [5, 5.41) is 0. The second-order valence-corrected chi connectivity index (χ2v) is 5.52. The molecule has 0 amide bonds. The molecule has 2 N–H and O–H groups in total. The van der Waals surface area contributed by atoms with Crippen LogP contribution in [0, 0.1) is 0 Å². The van der Waals surface area contributed by atoms with Crippen LogP contribution in [-0.4, -0.2) is 14.5 Å². The Bertz CT molecular complexity index is 905. The van der Waals surface area contributed by atoms with Gasteiger partial charge in [0.2, 0.25) is 5.95 Å². The minimum atomic E-state index is -0.323. The summed E-state index contributed by atoms with van der Waals surface area (Å²) in [4.78, 5) is 21.0. The number of benzene rings is 2. The van der Waals surface area contributed by atoms with Gasteiger partial charge in [0.05, 0.1) is 5.69 Å². The maximum absolute atomic E-state index is 12.4. The van der Waals surface area contributed by atoms with Crippen LogP contribution < -0.4 is 16.5 Å². The van der Waals surface area contributed by atoms with E-state index in [1.165, 1.54) is 0 Å². The van der Waals surface area contributed by atoms with Crippen molar-refractivity contribution in [2.75, 3.05) is 10.9 Å². The van der Waals surface area contributed by atoms with Crippen LogP contribution in [0.25, 0.3) is 11.4 Å². The second kappa shape index (κ2) is 7.61. The van der Waals surface area contributed by atoms with Gasteiger partial charge in [-0.25, -0.2) is 4.79 Å². The summed E-state index contributed by atoms with van der Waals surface area (Å²) in [6.07, 6.45) is 0.864. The number of aromatic nitrogens is 3. The van der Waals surface area contributed by atoms with E-state index in [2.05, 4.69) is 33.8 Å². The molecule has 0 fully saturated rings. The zero-order valence-electron chi connectivity index (χ0n) is 14.4. The van der Waals surface area contributed by atoms with Gasteiger partial charge >= 0.3 is 5.69 Å². The predicted molar refractivity (Wildman–Crippen MR) is 100 cm³/mol. The van der Waals surface area contributed by atoms with E-state index in [1.54, 1.807) is 4.57 Å². The van der Waals surface area contributed by atoms with Crippen LogP contribution in [0.1, 0.15) is 19.4 Å². The molecule has 6 nitrogen and oxygen atoms in total. The Labute approximate surface area is 146 Å². The summed E-state index contributed by atoms with van der Waals surface area (Å²) in [5.41, 5.74) is 8.56. The van der Waals surface area contributed by atoms with Crippen molar-refractivity contribution in [1.82, 2.24) is 14.5 Å². The summed E-state index contributed by atoms with van der Waals surface area (Å²) in [7, 11) is 0. The highest BCUT2D eigenvalue weighted by Crippen LogP contribution is 2.22. The number of nitrogens with zero attached hydrogens (tertiary/aromatic N) is 3. The Kier molecular flexibility index (Phi) is 5.09. The number of hydrogen-bond donors (Lipinski definition) is 2. The molecule has 6 heteroatoms.